The van der Waals surface area contributed by atoms with Gasteiger partial charge in [-0.15, -0.1) is 0 Å². The molecule has 19 heavy (non-hydrogen) atoms. The standard InChI is InChI=1S/C15H15BO3/c1-17-16(18-2)19-13-7-8-15-12(10-13)9-11-5-3-4-6-14(11)15/h3-8,10H,9H2,1-2H3. The second-order valence-corrected chi connectivity index (χ2v) is 4.53. The molecule has 1 aliphatic carbocycles. The first-order valence-electron chi connectivity index (χ1n) is 6.25. The lowest BCUT2D eigenvalue weighted by molar-refractivity contribution is 0.201. The molecule has 0 heterocycles. The van der Waals surface area contributed by atoms with Gasteiger partial charge in [-0.25, -0.2) is 0 Å². The van der Waals surface area contributed by atoms with Crippen molar-refractivity contribution in [1.29, 1.82) is 0 Å². The molecule has 0 radical (unpaired) electrons. The van der Waals surface area contributed by atoms with Gasteiger partial charge in [0.05, 0.1) is 0 Å². The molecule has 0 N–H and O–H groups in total. The zero-order chi connectivity index (χ0) is 13.2. The zero-order valence-electron chi connectivity index (χ0n) is 11.1. The van der Waals surface area contributed by atoms with Crippen molar-refractivity contribution in [3.63, 3.8) is 0 Å². The highest BCUT2D eigenvalue weighted by Crippen LogP contribution is 2.38. The van der Waals surface area contributed by atoms with Gasteiger partial charge in [-0.2, -0.15) is 0 Å². The molecule has 0 aliphatic heterocycles. The Kier molecular flexibility index (Phi) is 3.28. The second-order valence-electron chi connectivity index (χ2n) is 4.53. The predicted octanol–water partition coefficient (Wildman–Crippen LogP) is 2.91. The van der Waals surface area contributed by atoms with E-state index in [4.69, 9.17) is 14.0 Å². The van der Waals surface area contributed by atoms with Crippen LogP contribution in [-0.4, -0.2) is 21.5 Å². The van der Waals surface area contributed by atoms with Gasteiger partial charge in [-0.3, -0.25) is 0 Å². The Hall–Kier alpha value is -1.78. The molecule has 0 atom stereocenters. The van der Waals surface area contributed by atoms with Crippen LogP contribution in [0.25, 0.3) is 11.1 Å². The van der Waals surface area contributed by atoms with Crippen LogP contribution >= 0.6 is 0 Å². The fourth-order valence-corrected chi connectivity index (χ4v) is 2.50. The number of fused-ring (bicyclic) bond motifs is 3. The van der Waals surface area contributed by atoms with Gasteiger partial charge >= 0.3 is 7.32 Å². The summed E-state index contributed by atoms with van der Waals surface area (Å²) in [6, 6.07) is 14.6. The molecule has 3 rings (SSSR count). The first-order chi connectivity index (χ1) is 9.31. The van der Waals surface area contributed by atoms with Gasteiger partial charge in [-0.1, -0.05) is 30.3 Å². The Labute approximate surface area is 113 Å². The average molecular weight is 254 g/mol. The van der Waals surface area contributed by atoms with Crippen LogP contribution < -0.4 is 4.65 Å². The third kappa shape index (κ3) is 2.25. The Balaban J connectivity index is 1.89. The van der Waals surface area contributed by atoms with E-state index in [1.165, 1.54) is 22.3 Å². The summed E-state index contributed by atoms with van der Waals surface area (Å²) in [4.78, 5) is 0. The molecule has 0 amide bonds. The number of rotatable bonds is 4. The van der Waals surface area contributed by atoms with E-state index in [9.17, 15) is 0 Å². The lowest BCUT2D eigenvalue weighted by Crippen LogP contribution is -2.27. The van der Waals surface area contributed by atoms with E-state index in [1.807, 2.05) is 6.07 Å². The molecule has 4 heteroatoms. The molecule has 0 bridgehead atoms. The van der Waals surface area contributed by atoms with Gasteiger partial charge in [-0.05, 0) is 40.8 Å². The summed E-state index contributed by atoms with van der Waals surface area (Å²) in [6.45, 7) is 0. The third-order valence-corrected chi connectivity index (χ3v) is 3.38. The van der Waals surface area contributed by atoms with E-state index in [0.717, 1.165) is 12.2 Å². The lowest BCUT2D eigenvalue weighted by Gasteiger charge is -2.11. The molecule has 0 saturated carbocycles. The fourth-order valence-electron chi connectivity index (χ4n) is 2.50. The van der Waals surface area contributed by atoms with E-state index in [-0.39, 0.29) is 0 Å². The van der Waals surface area contributed by atoms with Crippen LogP contribution in [0.4, 0.5) is 0 Å². The zero-order valence-corrected chi connectivity index (χ0v) is 11.1. The maximum absolute atomic E-state index is 5.59. The molecule has 0 saturated heterocycles. The smallest absolute Gasteiger partial charge is 0.512 e. The molecule has 3 nitrogen and oxygen atoms in total. The molecule has 0 spiro atoms. The van der Waals surface area contributed by atoms with E-state index < -0.39 is 7.32 Å². The topological polar surface area (TPSA) is 27.7 Å². The molecular formula is C15H15BO3. The Morgan fingerprint density at radius 2 is 1.63 bits per heavy atom. The Bertz CT molecular complexity index is 594. The number of hydrogen-bond acceptors (Lipinski definition) is 3. The SMILES string of the molecule is COB(OC)Oc1ccc2c(c1)Cc1ccccc1-2. The van der Waals surface area contributed by atoms with Crippen molar-refractivity contribution in [2.45, 2.75) is 6.42 Å². The monoisotopic (exact) mass is 254 g/mol. The molecule has 2 aromatic rings. The van der Waals surface area contributed by atoms with Crippen LogP contribution in [0.5, 0.6) is 5.75 Å². The molecule has 0 unspecified atom stereocenters. The van der Waals surface area contributed by atoms with Crippen LogP contribution in [0.2, 0.25) is 0 Å². The third-order valence-electron chi connectivity index (χ3n) is 3.38. The van der Waals surface area contributed by atoms with Crippen molar-refractivity contribution in [2.75, 3.05) is 14.2 Å². The first kappa shape index (κ1) is 12.3. The highest BCUT2D eigenvalue weighted by molar-refractivity contribution is 6.37. The normalized spacial score (nSPS) is 11.9. The van der Waals surface area contributed by atoms with Crippen LogP contribution in [-0.2, 0) is 15.7 Å². The van der Waals surface area contributed by atoms with E-state index in [1.54, 1.807) is 14.2 Å². The molecule has 96 valence electrons. The van der Waals surface area contributed by atoms with Gasteiger partial charge in [0.25, 0.3) is 0 Å². The summed E-state index contributed by atoms with van der Waals surface area (Å²) in [5.41, 5.74) is 5.25. The van der Waals surface area contributed by atoms with E-state index in [2.05, 4.69) is 36.4 Å². The summed E-state index contributed by atoms with van der Waals surface area (Å²) in [5, 5.41) is 0. The number of hydrogen-bond donors (Lipinski definition) is 0. The Morgan fingerprint density at radius 1 is 0.895 bits per heavy atom. The second kappa shape index (κ2) is 5.07. The minimum absolute atomic E-state index is 0.665. The van der Waals surface area contributed by atoms with Crippen molar-refractivity contribution in [2.24, 2.45) is 0 Å². The van der Waals surface area contributed by atoms with Gasteiger partial charge in [0.2, 0.25) is 0 Å². The van der Waals surface area contributed by atoms with Crippen LogP contribution in [0.15, 0.2) is 42.5 Å². The van der Waals surface area contributed by atoms with Crippen LogP contribution in [0, 0.1) is 0 Å². The maximum Gasteiger partial charge on any atom is 0.712 e. The van der Waals surface area contributed by atoms with Crippen molar-refractivity contribution < 1.29 is 14.0 Å². The average Bonchev–Trinajstić information content (AvgIpc) is 2.82. The van der Waals surface area contributed by atoms with Gasteiger partial charge in [0, 0.05) is 14.2 Å². The van der Waals surface area contributed by atoms with Gasteiger partial charge in [0.1, 0.15) is 5.75 Å². The summed E-state index contributed by atoms with van der Waals surface area (Å²) in [5.74, 6) is 0.764. The van der Waals surface area contributed by atoms with Crippen molar-refractivity contribution in [3.05, 3.63) is 53.6 Å². The largest absolute Gasteiger partial charge is 0.712 e. The summed E-state index contributed by atoms with van der Waals surface area (Å²) in [6.07, 6.45) is 0.952. The number of benzene rings is 2. The van der Waals surface area contributed by atoms with Crippen molar-refractivity contribution in [1.82, 2.24) is 0 Å². The lowest BCUT2D eigenvalue weighted by atomic mass is 10.1. The minimum atomic E-state index is -0.665. The fraction of sp³-hybridized carbons (Fsp3) is 0.200. The Morgan fingerprint density at radius 3 is 2.42 bits per heavy atom. The van der Waals surface area contributed by atoms with Crippen LogP contribution in [0.1, 0.15) is 11.1 Å². The van der Waals surface area contributed by atoms with E-state index in [0.29, 0.717) is 0 Å². The first-order valence-corrected chi connectivity index (χ1v) is 6.25. The van der Waals surface area contributed by atoms with Crippen molar-refractivity contribution >= 4 is 7.32 Å². The summed E-state index contributed by atoms with van der Waals surface area (Å²) < 4.78 is 15.7. The quantitative estimate of drug-likeness (QED) is 0.670. The predicted molar refractivity (Wildman–Crippen MR) is 75.1 cm³/mol. The van der Waals surface area contributed by atoms with E-state index >= 15 is 0 Å². The molecule has 2 aromatic carbocycles. The summed E-state index contributed by atoms with van der Waals surface area (Å²) in [7, 11) is 2.44. The molecule has 1 aliphatic rings. The summed E-state index contributed by atoms with van der Waals surface area (Å²) >= 11 is 0. The molecular weight excluding hydrogens is 239 g/mol. The highest BCUT2D eigenvalue weighted by atomic mass is 16.7. The van der Waals surface area contributed by atoms with Gasteiger partial charge < -0.3 is 14.0 Å². The van der Waals surface area contributed by atoms with Crippen molar-refractivity contribution in [3.8, 4) is 16.9 Å². The molecule has 0 fully saturated rings. The molecule has 0 aromatic heterocycles. The minimum Gasteiger partial charge on any atom is -0.512 e. The van der Waals surface area contributed by atoms with Crippen LogP contribution in [0.3, 0.4) is 0 Å². The highest BCUT2D eigenvalue weighted by Gasteiger charge is 2.22. The van der Waals surface area contributed by atoms with Gasteiger partial charge in [0.15, 0.2) is 0 Å². The maximum atomic E-state index is 5.59.